The zero-order chi connectivity index (χ0) is 14.1. The SMILES string of the molecule is O=C(O)Cc1ccc(-c2cn3cc(Cl)ccc3n2)cc1. The Labute approximate surface area is 120 Å². The van der Waals surface area contributed by atoms with Crippen molar-refractivity contribution in [1.82, 2.24) is 9.38 Å². The number of pyridine rings is 1. The number of rotatable bonds is 3. The number of hydrogen-bond donors (Lipinski definition) is 1. The first-order valence-electron chi connectivity index (χ1n) is 6.07. The lowest BCUT2D eigenvalue weighted by molar-refractivity contribution is -0.136. The minimum absolute atomic E-state index is 0.0288. The molecule has 3 rings (SSSR count). The van der Waals surface area contributed by atoms with Crippen molar-refractivity contribution in [2.24, 2.45) is 0 Å². The Morgan fingerprint density at radius 3 is 2.60 bits per heavy atom. The predicted molar refractivity (Wildman–Crippen MR) is 77.0 cm³/mol. The lowest BCUT2D eigenvalue weighted by atomic mass is 10.1. The Morgan fingerprint density at radius 2 is 1.90 bits per heavy atom. The summed E-state index contributed by atoms with van der Waals surface area (Å²) < 4.78 is 1.86. The lowest BCUT2D eigenvalue weighted by Gasteiger charge is -1.99. The average molecular weight is 287 g/mol. The third-order valence-corrected chi connectivity index (χ3v) is 3.24. The molecule has 20 heavy (non-hydrogen) atoms. The lowest BCUT2D eigenvalue weighted by Crippen LogP contribution is -1.99. The fourth-order valence-corrected chi connectivity index (χ4v) is 2.24. The predicted octanol–water partition coefficient (Wildman–Crippen LogP) is 3.28. The number of aromatic nitrogens is 2. The standard InChI is InChI=1S/C15H11ClN2O2/c16-12-5-6-14-17-13(9-18(14)8-12)11-3-1-10(2-4-11)7-15(19)20/h1-6,8-9H,7H2,(H,19,20). The Kier molecular flexibility index (Phi) is 3.16. The molecule has 0 radical (unpaired) electrons. The number of benzene rings is 1. The second-order valence-corrected chi connectivity index (χ2v) is 4.94. The van der Waals surface area contributed by atoms with Gasteiger partial charge in [0, 0.05) is 18.0 Å². The van der Waals surface area contributed by atoms with Crippen molar-refractivity contribution in [2.45, 2.75) is 6.42 Å². The summed E-state index contributed by atoms with van der Waals surface area (Å²) in [6, 6.07) is 11.0. The van der Waals surface area contributed by atoms with Gasteiger partial charge in [-0.05, 0) is 17.7 Å². The first kappa shape index (κ1) is 12.7. The summed E-state index contributed by atoms with van der Waals surface area (Å²) in [5, 5.41) is 9.40. The largest absolute Gasteiger partial charge is 0.481 e. The number of hydrogen-bond acceptors (Lipinski definition) is 2. The first-order valence-corrected chi connectivity index (χ1v) is 6.45. The van der Waals surface area contributed by atoms with Crippen LogP contribution in [0.4, 0.5) is 0 Å². The van der Waals surface area contributed by atoms with Gasteiger partial charge in [-0.2, -0.15) is 0 Å². The number of carboxylic acid groups (broad SMARTS) is 1. The van der Waals surface area contributed by atoms with E-state index in [9.17, 15) is 4.79 Å². The summed E-state index contributed by atoms with van der Waals surface area (Å²) in [5.41, 5.74) is 3.36. The second kappa shape index (κ2) is 4.98. The topological polar surface area (TPSA) is 54.6 Å². The van der Waals surface area contributed by atoms with Gasteiger partial charge in [0.2, 0.25) is 0 Å². The highest BCUT2D eigenvalue weighted by Gasteiger charge is 2.06. The van der Waals surface area contributed by atoms with Crippen LogP contribution in [0.1, 0.15) is 5.56 Å². The normalized spacial score (nSPS) is 10.8. The molecule has 0 spiro atoms. The summed E-state index contributed by atoms with van der Waals surface area (Å²) in [5.74, 6) is -0.833. The van der Waals surface area contributed by atoms with E-state index in [0.717, 1.165) is 22.5 Å². The zero-order valence-corrected chi connectivity index (χ0v) is 11.2. The van der Waals surface area contributed by atoms with E-state index in [2.05, 4.69) is 4.98 Å². The number of nitrogens with zero attached hydrogens (tertiary/aromatic N) is 2. The maximum Gasteiger partial charge on any atom is 0.307 e. The molecule has 2 heterocycles. The van der Waals surface area contributed by atoms with Crippen LogP contribution in [0.25, 0.3) is 16.9 Å². The van der Waals surface area contributed by atoms with Crippen LogP contribution >= 0.6 is 11.6 Å². The summed E-state index contributed by atoms with van der Waals surface area (Å²) in [4.78, 5) is 15.1. The van der Waals surface area contributed by atoms with Crippen molar-refractivity contribution in [3.8, 4) is 11.3 Å². The molecule has 0 aliphatic rings. The third-order valence-electron chi connectivity index (χ3n) is 3.02. The molecular formula is C15H11ClN2O2. The van der Waals surface area contributed by atoms with Gasteiger partial charge in [0.1, 0.15) is 5.65 Å². The highest BCUT2D eigenvalue weighted by Crippen LogP contribution is 2.21. The van der Waals surface area contributed by atoms with Gasteiger partial charge in [-0.1, -0.05) is 35.9 Å². The van der Waals surface area contributed by atoms with Crippen molar-refractivity contribution < 1.29 is 9.90 Å². The fourth-order valence-electron chi connectivity index (χ4n) is 2.07. The molecule has 0 atom stereocenters. The van der Waals surface area contributed by atoms with Gasteiger partial charge in [0.25, 0.3) is 0 Å². The first-order chi connectivity index (χ1) is 9.61. The molecule has 5 heteroatoms. The number of fused-ring (bicyclic) bond motifs is 1. The number of carboxylic acids is 1. The highest BCUT2D eigenvalue weighted by molar-refractivity contribution is 6.30. The van der Waals surface area contributed by atoms with Crippen molar-refractivity contribution in [3.63, 3.8) is 0 Å². The maximum absolute atomic E-state index is 10.6. The summed E-state index contributed by atoms with van der Waals surface area (Å²) >= 11 is 5.94. The van der Waals surface area contributed by atoms with Crippen LogP contribution in [0.2, 0.25) is 5.02 Å². The van der Waals surface area contributed by atoms with E-state index in [1.165, 1.54) is 0 Å². The summed E-state index contributed by atoms with van der Waals surface area (Å²) in [6.07, 6.45) is 3.72. The van der Waals surface area contributed by atoms with Crippen LogP contribution in [-0.2, 0) is 11.2 Å². The van der Waals surface area contributed by atoms with E-state index in [-0.39, 0.29) is 6.42 Å². The van der Waals surface area contributed by atoms with Gasteiger partial charge < -0.3 is 9.51 Å². The van der Waals surface area contributed by atoms with Gasteiger partial charge >= 0.3 is 5.97 Å². The quantitative estimate of drug-likeness (QED) is 0.804. The third kappa shape index (κ3) is 2.51. The van der Waals surface area contributed by atoms with E-state index in [1.807, 2.05) is 28.8 Å². The van der Waals surface area contributed by atoms with Crippen LogP contribution < -0.4 is 0 Å². The van der Waals surface area contributed by atoms with Crippen molar-refractivity contribution in [1.29, 1.82) is 0 Å². The van der Waals surface area contributed by atoms with Crippen molar-refractivity contribution in [2.75, 3.05) is 0 Å². The Hall–Kier alpha value is -2.33. The Balaban J connectivity index is 1.96. The molecule has 0 aliphatic carbocycles. The molecule has 100 valence electrons. The van der Waals surface area contributed by atoms with Gasteiger partial charge in [-0.3, -0.25) is 4.79 Å². The molecule has 0 bridgehead atoms. The molecule has 0 unspecified atom stereocenters. The number of imidazole rings is 1. The van der Waals surface area contributed by atoms with Gasteiger partial charge in [0.15, 0.2) is 0 Å². The zero-order valence-electron chi connectivity index (χ0n) is 10.5. The number of carbonyl (C=O) groups is 1. The second-order valence-electron chi connectivity index (χ2n) is 4.51. The molecule has 0 saturated carbocycles. The van der Waals surface area contributed by atoms with Gasteiger partial charge in [0.05, 0.1) is 17.1 Å². The summed E-state index contributed by atoms with van der Waals surface area (Å²) in [6.45, 7) is 0. The molecule has 0 aliphatic heterocycles. The Morgan fingerprint density at radius 1 is 1.15 bits per heavy atom. The molecule has 4 nitrogen and oxygen atoms in total. The Bertz CT molecular complexity index is 778. The average Bonchev–Trinajstić information content (AvgIpc) is 2.81. The molecule has 1 N–H and O–H groups in total. The molecular weight excluding hydrogens is 276 g/mol. The van der Waals surface area contributed by atoms with Crippen molar-refractivity contribution >= 4 is 23.2 Å². The molecule has 2 aromatic heterocycles. The van der Waals surface area contributed by atoms with Crippen LogP contribution in [0.3, 0.4) is 0 Å². The van der Waals surface area contributed by atoms with Gasteiger partial charge in [-0.25, -0.2) is 4.98 Å². The van der Waals surface area contributed by atoms with Crippen LogP contribution in [0.5, 0.6) is 0 Å². The monoisotopic (exact) mass is 286 g/mol. The number of aliphatic carboxylic acids is 1. The minimum Gasteiger partial charge on any atom is -0.481 e. The van der Waals surface area contributed by atoms with Crippen LogP contribution in [0, 0.1) is 0 Å². The molecule has 1 aromatic carbocycles. The molecule has 0 fully saturated rings. The summed E-state index contributed by atoms with van der Waals surface area (Å²) in [7, 11) is 0. The maximum atomic E-state index is 10.6. The fraction of sp³-hybridized carbons (Fsp3) is 0.0667. The van der Waals surface area contributed by atoms with E-state index in [0.29, 0.717) is 5.02 Å². The molecule has 0 amide bonds. The number of halogens is 1. The van der Waals surface area contributed by atoms with Crippen molar-refractivity contribution in [3.05, 3.63) is 59.4 Å². The molecule has 0 saturated heterocycles. The van der Waals surface area contributed by atoms with E-state index in [1.54, 1.807) is 24.4 Å². The highest BCUT2D eigenvalue weighted by atomic mass is 35.5. The smallest absolute Gasteiger partial charge is 0.307 e. The van der Waals surface area contributed by atoms with Gasteiger partial charge in [-0.15, -0.1) is 0 Å². The van der Waals surface area contributed by atoms with Crippen LogP contribution in [-0.4, -0.2) is 20.5 Å². The van der Waals surface area contributed by atoms with E-state index >= 15 is 0 Å². The minimum atomic E-state index is -0.833. The van der Waals surface area contributed by atoms with E-state index < -0.39 is 5.97 Å². The molecule has 3 aromatic rings. The van der Waals surface area contributed by atoms with Crippen LogP contribution in [0.15, 0.2) is 48.8 Å². The van der Waals surface area contributed by atoms with E-state index in [4.69, 9.17) is 16.7 Å².